The number of ether oxygens (including phenoxy) is 2. The van der Waals surface area contributed by atoms with Crippen LogP contribution in [0.2, 0.25) is 0 Å². The van der Waals surface area contributed by atoms with E-state index in [1.165, 1.54) is 0 Å². The van der Waals surface area contributed by atoms with Crippen molar-refractivity contribution in [3.63, 3.8) is 0 Å². The Balaban J connectivity index is 2.01. The number of hydrogen-bond donors (Lipinski definition) is 1. The number of amides is 1. The van der Waals surface area contributed by atoms with Crippen LogP contribution in [0.4, 0.5) is 5.69 Å². The van der Waals surface area contributed by atoms with E-state index in [-0.39, 0.29) is 5.91 Å². The minimum Gasteiger partial charge on any atom is -0.497 e. The molecule has 0 aliphatic rings. The lowest BCUT2D eigenvalue weighted by Crippen LogP contribution is -2.30. The summed E-state index contributed by atoms with van der Waals surface area (Å²) in [4.78, 5) is 24.6. The van der Waals surface area contributed by atoms with Gasteiger partial charge in [0.15, 0.2) is 6.10 Å². The van der Waals surface area contributed by atoms with Gasteiger partial charge in [0.2, 0.25) is 0 Å². The highest BCUT2D eigenvalue weighted by molar-refractivity contribution is 5.97. The van der Waals surface area contributed by atoms with E-state index in [0.717, 1.165) is 17.9 Å². The van der Waals surface area contributed by atoms with Crippen molar-refractivity contribution >= 4 is 17.6 Å². The second-order valence-electron chi connectivity index (χ2n) is 5.79. The van der Waals surface area contributed by atoms with Crippen molar-refractivity contribution in [3.8, 4) is 5.75 Å². The van der Waals surface area contributed by atoms with E-state index in [2.05, 4.69) is 5.32 Å². The fraction of sp³-hybridized carbons (Fsp3) is 0.368. The smallest absolute Gasteiger partial charge is 0.340 e. The van der Waals surface area contributed by atoms with Crippen LogP contribution in [0.5, 0.6) is 5.75 Å². The molecule has 0 bridgehead atoms. The molecule has 1 amide bonds. The quantitative estimate of drug-likeness (QED) is 0.816. The summed E-state index contributed by atoms with van der Waals surface area (Å²) in [5, 5.41) is 2.72. The molecular weight excluding hydrogens is 320 g/mol. The number of esters is 1. The van der Waals surface area contributed by atoms with Crippen LogP contribution in [0.25, 0.3) is 0 Å². The molecule has 1 atom stereocenters. The second-order valence-corrected chi connectivity index (χ2v) is 5.79. The average Bonchev–Trinajstić information content (AvgIpc) is 2.89. The fourth-order valence-corrected chi connectivity index (χ4v) is 2.69. The number of methoxy groups -OCH3 is 1. The van der Waals surface area contributed by atoms with Crippen LogP contribution in [0.1, 0.15) is 35.6 Å². The molecular formula is C19H24N2O4. The van der Waals surface area contributed by atoms with E-state index in [0.29, 0.717) is 17.0 Å². The summed E-state index contributed by atoms with van der Waals surface area (Å²) in [7, 11) is 1.57. The molecule has 6 heteroatoms. The van der Waals surface area contributed by atoms with Crippen LogP contribution >= 0.6 is 0 Å². The van der Waals surface area contributed by atoms with E-state index >= 15 is 0 Å². The number of rotatable bonds is 6. The van der Waals surface area contributed by atoms with Crippen LogP contribution in [0, 0.1) is 13.8 Å². The first-order chi connectivity index (χ1) is 11.9. The Morgan fingerprint density at radius 3 is 2.36 bits per heavy atom. The van der Waals surface area contributed by atoms with E-state index in [9.17, 15) is 9.59 Å². The van der Waals surface area contributed by atoms with Gasteiger partial charge < -0.3 is 19.4 Å². The Labute approximate surface area is 147 Å². The normalized spacial score (nSPS) is 11.7. The van der Waals surface area contributed by atoms with Crippen LogP contribution < -0.4 is 10.1 Å². The lowest BCUT2D eigenvalue weighted by atomic mass is 10.2. The summed E-state index contributed by atoms with van der Waals surface area (Å²) >= 11 is 0. The summed E-state index contributed by atoms with van der Waals surface area (Å²) in [5.41, 5.74) is 2.93. The molecule has 1 aromatic heterocycles. The Bertz CT molecular complexity index is 762. The highest BCUT2D eigenvalue weighted by atomic mass is 16.5. The molecule has 0 aliphatic heterocycles. The Morgan fingerprint density at radius 2 is 1.84 bits per heavy atom. The molecule has 1 heterocycles. The lowest BCUT2D eigenvalue weighted by molar-refractivity contribution is -0.123. The molecule has 0 unspecified atom stereocenters. The van der Waals surface area contributed by atoms with Gasteiger partial charge >= 0.3 is 5.97 Å². The maximum atomic E-state index is 12.4. The SMILES string of the molecule is CCn1c(C)cc(C(=O)O[C@@H](C)C(=O)Nc2ccc(OC)cc2)c1C. The molecule has 134 valence electrons. The molecule has 2 aromatic rings. The number of benzene rings is 1. The predicted octanol–water partition coefficient (Wildman–Crippen LogP) is 3.32. The minimum absolute atomic E-state index is 0.386. The maximum absolute atomic E-state index is 12.4. The molecule has 6 nitrogen and oxygen atoms in total. The van der Waals surface area contributed by atoms with Crippen molar-refractivity contribution in [1.82, 2.24) is 4.57 Å². The van der Waals surface area contributed by atoms with Gasteiger partial charge in [-0.3, -0.25) is 4.79 Å². The Morgan fingerprint density at radius 1 is 1.20 bits per heavy atom. The maximum Gasteiger partial charge on any atom is 0.340 e. The molecule has 1 aromatic carbocycles. The molecule has 1 N–H and O–H groups in total. The summed E-state index contributed by atoms with van der Waals surface area (Å²) in [6.07, 6.45) is -0.903. The van der Waals surface area contributed by atoms with Crippen molar-refractivity contribution in [3.05, 3.63) is 47.3 Å². The number of anilines is 1. The molecule has 0 aliphatic carbocycles. The topological polar surface area (TPSA) is 69.6 Å². The first-order valence-electron chi connectivity index (χ1n) is 8.20. The van der Waals surface area contributed by atoms with Gasteiger partial charge in [-0.2, -0.15) is 0 Å². The Hall–Kier alpha value is -2.76. The molecule has 0 saturated carbocycles. The molecule has 2 rings (SSSR count). The highest BCUT2D eigenvalue weighted by Gasteiger charge is 2.22. The number of hydrogen-bond acceptors (Lipinski definition) is 4. The van der Waals surface area contributed by atoms with Crippen molar-refractivity contribution in [2.75, 3.05) is 12.4 Å². The van der Waals surface area contributed by atoms with Crippen LogP contribution in [0.15, 0.2) is 30.3 Å². The Kier molecular flexibility index (Phi) is 5.85. The lowest BCUT2D eigenvalue weighted by Gasteiger charge is -2.14. The minimum atomic E-state index is -0.903. The van der Waals surface area contributed by atoms with Gasteiger partial charge in [0.25, 0.3) is 5.91 Å². The zero-order chi connectivity index (χ0) is 18.6. The first kappa shape index (κ1) is 18.6. The van der Waals surface area contributed by atoms with E-state index < -0.39 is 12.1 Å². The van der Waals surface area contributed by atoms with Crippen molar-refractivity contribution < 1.29 is 19.1 Å². The van der Waals surface area contributed by atoms with Crippen molar-refractivity contribution in [2.45, 2.75) is 40.3 Å². The standard InChI is InChI=1S/C19H24N2O4/c1-6-21-12(2)11-17(13(21)3)19(23)25-14(4)18(22)20-15-7-9-16(24-5)10-8-15/h7-11,14H,6H2,1-5H3,(H,20,22)/t14-/m0/s1. The van der Waals surface area contributed by atoms with Gasteiger partial charge in [-0.05, 0) is 58.0 Å². The molecule has 0 spiro atoms. The van der Waals surface area contributed by atoms with Gasteiger partial charge in [0.1, 0.15) is 5.75 Å². The second kappa shape index (κ2) is 7.88. The highest BCUT2D eigenvalue weighted by Crippen LogP contribution is 2.18. The predicted molar refractivity (Wildman–Crippen MR) is 96.1 cm³/mol. The number of aromatic nitrogens is 1. The largest absolute Gasteiger partial charge is 0.497 e. The van der Waals surface area contributed by atoms with Gasteiger partial charge in [-0.15, -0.1) is 0 Å². The van der Waals surface area contributed by atoms with Crippen molar-refractivity contribution in [1.29, 1.82) is 0 Å². The third-order valence-corrected chi connectivity index (χ3v) is 4.12. The fourth-order valence-electron chi connectivity index (χ4n) is 2.69. The number of nitrogens with zero attached hydrogens (tertiary/aromatic N) is 1. The third kappa shape index (κ3) is 4.21. The van der Waals surface area contributed by atoms with Crippen LogP contribution in [0.3, 0.4) is 0 Å². The van der Waals surface area contributed by atoms with Gasteiger partial charge in [-0.25, -0.2) is 4.79 Å². The summed E-state index contributed by atoms with van der Waals surface area (Å²) < 4.78 is 12.4. The molecule has 25 heavy (non-hydrogen) atoms. The average molecular weight is 344 g/mol. The number of aryl methyl sites for hydroxylation is 1. The molecule has 0 saturated heterocycles. The van der Waals surface area contributed by atoms with Crippen molar-refractivity contribution in [2.24, 2.45) is 0 Å². The van der Waals surface area contributed by atoms with Crippen LogP contribution in [-0.4, -0.2) is 29.7 Å². The van der Waals surface area contributed by atoms with E-state index in [1.807, 2.05) is 25.3 Å². The third-order valence-electron chi connectivity index (χ3n) is 4.12. The first-order valence-corrected chi connectivity index (χ1v) is 8.20. The van der Waals surface area contributed by atoms with Crippen LogP contribution in [-0.2, 0) is 16.1 Å². The summed E-state index contributed by atoms with van der Waals surface area (Å²) in [6, 6.07) is 8.72. The summed E-state index contributed by atoms with van der Waals surface area (Å²) in [6.45, 7) is 8.15. The number of nitrogens with one attached hydrogen (secondary N) is 1. The van der Waals surface area contributed by atoms with E-state index in [1.54, 1.807) is 44.4 Å². The van der Waals surface area contributed by atoms with Gasteiger partial charge in [0, 0.05) is 23.6 Å². The number of carbonyl (C=O) groups excluding carboxylic acids is 2. The van der Waals surface area contributed by atoms with Gasteiger partial charge in [-0.1, -0.05) is 0 Å². The molecule has 0 fully saturated rings. The van der Waals surface area contributed by atoms with E-state index in [4.69, 9.17) is 9.47 Å². The zero-order valence-electron chi connectivity index (χ0n) is 15.3. The summed E-state index contributed by atoms with van der Waals surface area (Å²) in [5.74, 6) is -0.184. The monoisotopic (exact) mass is 344 g/mol. The number of carbonyl (C=O) groups is 2. The van der Waals surface area contributed by atoms with Gasteiger partial charge in [0.05, 0.1) is 12.7 Å². The zero-order valence-corrected chi connectivity index (χ0v) is 15.3. The molecule has 0 radical (unpaired) electrons.